The van der Waals surface area contributed by atoms with Crippen LogP contribution in [0.5, 0.6) is 0 Å². The van der Waals surface area contributed by atoms with Gasteiger partial charge in [-0.3, -0.25) is 0 Å². The van der Waals surface area contributed by atoms with E-state index >= 15 is 0 Å². The van der Waals surface area contributed by atoms with Gasteiger partial charge in [-0.2, -0.15) is 9.61 Å². The first-order valence-electron chi connectivity index (χ1n) is 11.4. The fraction of sp³-hybridized carbons (Fsp3) is 0.0370. The van der Waals surface area contributed by atoms with Crippen LogP contribution in [0.2, 0.25) is 0 Å². The van der Waals surface area contributed by atoms with Crippen LogP contribution in [0.1, 0.15) is 10.7 Å². The van der Waals surface area contributed by atoms with Crippen LogP contribution in [-0.4, -0.2) is 19.8 Å². The number of rotatable bonds is 5. The maximum absolute atomic E-state index is 12.5. The molecule has 0 saturated heterocycles. The second kappa shape index (κ2) is 8.32. The van der Waals surface area contributed by atoms with Crippen molar-refractivity contribution in [1.82, 2.24) is 19.8 Å². The Morgan fingerprint density at radius 2 is 1.68 bits per heavy atom. The molecular weight excluding hydrogens is 490 g/mol. The monoisotopic (exact) mass is 505 g/mol. The molecule has 0 saturated carbocycles. The van der Waals surface area contributed by atoms with Gasteiger partial charge in [0.25, 0.3) is 0 Å². The Kier molecular flexibility index (Phi) is 4.79. The lowest BCUT2D eigenvalue weighted by Crippen LogP contribution is -2.02. The molecule has 0 aliphatic carbocycles. The van der Waals surface area contributed by atoms with Gasteiger partial charge in [0.1, 0.15) is 16.3 Å². The Labute approximate surface area is 211 Å². The van der Waals surface area contributed by atoms with Gasteiger partial charge in [0.05, 0.1) is 11.3 Å². The van der Waals surface area contributed by atoms with Crippen molar-refractivity contribution in [3.63, 3.8) is 0 Å². The zero-order valence-electron chi connectivity index (χ0n) is 19.0. The third-order valence-electron chi connectivity index (χ3n) is 6.19. The number of imidazole rings is 1. The summed E-state index contributed by atoms with van der Waals surface area (Å²) in [6.07, 6.45) is 0.446. The van der Waals surface area contributed by atoms with E-state index in [0.29, 0.717) is 44.9 Å². The summed E-state index contributed by atoms with van der Waals surface area (Å²) in [5.41, 5.74) is 3.86. The first-order chi connectivity index (χ1) is 18.2. The van der Waals surface area contributed by atoms with Crippen LogP contribution in [0.15, 0.2) is 97.8 Å². The summed E-state index contributed by atoms with van der Waals surface area (Å²) in [7, 11) is 0. The SMILES string of the molecule is O=Nc1c(-c2ccc(-c3cc4ccccc4oc3=O)cc2)nc2sc(Cc3noc4ccccc34)nn12. The van der Waals surface area contributed by atoms with E-state index in [2.05, 4.69) is 20.4 Å². The van der Waals surface area contributed by atoms with Gasteiger partial charge in [-0.1, -0.05) is 71.1 Å². The van der Waals surface area contributed by atoms with Crippen molar-refractivity contribution in [2.75, 3.05) is 0 Å². The van der Waals surface area contributed by atoms with Crippen molar-refractivity contribution in [3.05, 3.63) is 105 Å². The molecule has 4 heterocycles. The minimum Gasteiger partial charge on any atom is -0.422 e. The van der Waals surface area contributed by atoms with Gasteiger partial charge < -0.3 is 8.94 Å². The molecule has 10 heteroatoms. The van der Waals surface area contributed by atoms with Crippen molar-refractivity contribution >= 4 is 44.1 Å². The average molecular weight is 506 g/mol. The number of aromatic nitrogens is 4. The molecule has 0 bridgehead atoms. The Hall–Kier alpha value is -4.96. The lowest BCUT2D eigenvalue weighted by Gasteiger charge is -2.04. The summed E-state index contributed by atoms with van der Waals surface area (Å²) in [6, 6.07) is 24.0. The Morgan fingerprint density at radius 1 is 0.919 bits per heavy atom. The fourth-order valence-corrected chi connectivity index (χ4v) is 5.30. The number of hydrogen-bond acceptors (Lipinski definition) is 9. The van der Waals surface area contributed by atoms with E-state index in [1.807, 2.05) is 48.5 Å². The smallest absolute Gasteiger partial charge is 0.344 e. The molecule has 9 nitrogen and oxygen atoms in total. The third kappa shape index (κ3) is 3.54. The third-order valence-corrected chi connectivity index (χ3v) is 7.10. The minimum absolute atomic E-state index is 0.112. The van der Waals surface area contributed by atoms with Crippen LogP contribution in [0.4, 0.5) is 5.82 Å². The molecule has 0 fully saturated rings. The second-order valence-electron chi connectivity index (χ2n) is 8.43. The van der Waals surface area contributed by atoms with Gasteiger partial charge in [-0.05, 0) is 35.0 Å². The van der Waals surface area contributed by atoms with Crippen LogP contribution < -0.4 is 5.63 Å². The van der Waals surface area contributed by atoms with Crippen LogP contribution in [0.3, 0.4) is 0 Å². The van der Waals surface area contributed by atoms with Gasteiger partial charge in [0.15, 0.2) is 5.58 Å². The van der Waals surface area contributed by atoms with E-state index in [4.69, 9.17) is 8.94 Å². The van der Waals surface area contributed by atoms with E-state index in [9.17, 15) is 9.70 Å². The molecule has 37 heavy (non-hydrogen) atoms. The maximum Gasteiger partial charge on any atom is 0.344 e. The van der Waals surface area contributed by atoms with Gasteiger partial charge >= 0.3 is 5.63 Å². The molecular formula is C27H15N5O4S. The highest BCUT2D eigenvalue weighted by molar-refractivity contribution is 7.16. The Balaban J connectivity index is 1.22. The zero-order valence-corrected chi connectivity index (χ0v) is 19.8. The molecule has 0 radical (unpaired) electrons. The summed E-state index contributed by atoms with van der Waals surface area (Å²) in [5, 5.41) is 14.4. The molecule has 0 spiro atoms. The van der Waals surface area contributed by atoms with E-state index in [0.717, 1.165) is 21.5 Å². The predicted molar refractivity (Wildman–Crippen MR) is 140 cm³/mol. The topological polar surface area (TPSA) is 116 Å². The van der Waals surface area contributed by atoms with E-state index < -0.39 is 5.63 Å². The predicted octanol–water partition coefficient (Wildman–Crippen LogP) is 6.36. The largest absolute Gasteiger partial charge is 0.422 e. The highest BCUT2D eigenvalue weighted by Gasteiger charge is 2.20. The molecule has 0 amide bonds. The van der Waals surface area contributed by atoms with Crippen molar-refractivity contribution in [2.45, 2.75) is 6.42 Å². The van der Waals surface area contributed by atoms with Gasteiger partial charge in [-0.25, -0.2) is 9.78 Å². The van der Waals surface area contributed by atoms with Gasteiger partial charge in [0, 0.05) is 22.8 Å². The van der Waals surface area contributed by atoms with E-state index in [-0.39, 0.29) is 5.82 Å². The number of fused-ring (bicyclic) bond motifs is 3. The molecule has 0 atom stereocenters. The summed E-state index contributed by atoms with van der Waals surface area (Å²) < 4.78 is 12.3. The summed E-state index contributed by atoms with van der Waals surface area (Å²) in [4.78, 5) is 29.5. The highest BCUT2D eigenvalue weighted by Crippen LogP contribution is 2.34. The van der Waals surface area contributed by atoms with Crippen molar-refractivity contribution in [3.8, 4) is 22.4 Å². The molecule has 3 aromatic carbocycles. The summed E-state index contributed by atoms with van der Waals surface area (Å²) in [6.45, 7) is 0. The number of hydrogen-bond donors (Lipinski definition) is 0. The summed E-state index contributed by atoms with van der Waals surface area (Å²) >= 11 is 1.36. The number of para-hydroxylation sites is 2. The lowest BCUT2D eigenvalue weighted by molar-refractivity contribution is 0.448. The molecule has 0 aliphatic heterocycles. The lowest BCUT2D eigenvalue weighted by atomic mass is 10.0. The maximum atomic E-state index is 12.5. The zero-order chi connectivity index (χ0) is 24.9. The average Bonchev–Trinajstić information content (AvgIpc) is 3.61. The van der Waals surface area contributed by atoms with Crippen molar-refractivity contribution in [2.24, 2.45) is 5.18 Å². The van der Waals surface area contributed by atoms with Crippen molar-refractivity contribution in [1.29, 1.82) is 0 Å². The number of nitrogens with zero attached hydrogens (tertiary/aromatic N) is 5. The Bertz CT molecular complexity index is 2020. The molecule has 178 valence electrons. The minimum atomic E-state index is -0.416. The number of nitroso groups, excluding NO2 is 1. The number of benzene rings is 3. The molecule has 7 rings (SSSR count). The van der Waals surface area contributed by atoms with Gasteiger partial charge in [0.2, 0.25) is 10.8 Å². The molecule has 0 aliphatic rings. The Morgan fingerprint density at radius 3 is 2.51 bits per heavy atom. The van der Waals surface area contributed by atoms with Crippen molar-refractivity contribution < 1.29 is 8.94 Å². The second-order valence-corrected chi connectivity index (χ2v) is 9.47. The molecule has 7 aromatic rings. The fourth-order valence-electron chi connectivity index (χ4n) is 4.40. The standard InChI is InChI=1S/C27H15N5O4S/c33-26-19(13-17-5-1-3-7-21(17)35-26)15-9-11-16(12-10-15)24-25(30-34)32-27(28-24)37-23(29-32)14-20-18-6-2-4-8-22(18)36-31-20/h1-13H,14H2. The van der Waals surface area contributed by atoms with Crippen LogP contribution in [0, 0.1) is 4.91 Å². The molecule has 0 N–H and O–H groups in total. The quantitative estimate of drug-likeness (QED) is 0.197. The highest BCUT2D eigenvalue weighted by atomic mass is 32.1. The first kappa shape index (κ1) is 21.3. The van der Waals surface area contributed by atoms with Gasteiger partial charge in [-0.15, -0.1) is 4.91 Å². The van der Waals surface area contributed by atoms with E-state index in [1.54, 1.807) is 30.3 Å². The molecule has 4 aromatic heterocycles. The molecule has 0 unspecified atom stereocenters. The normalized spacial score (nSPS) is 11.6. The van der Waals surface area contributed by atoms with Crippen LogP contribution >= 0.6 is 11.3 Å². The van der Waals surface area contributed by atoms with Crippen LogP contribution in [0.25, 0.3) is 49.3 Å². The summed E-state index contributed by atoms with van der Waals surface area (Å²) in [5.74, 6) is 0.112. The van der Waals surface area contributed by atoms with Crippen LogP contribution in [-0.2, 0) is 6.42 Å². The first-order valence-corrected chi connectivity index (χ1v) is 12.2. The van der Waals surface area contributed by atoms with E-state index in [1.165, 1.54) is 15.9 Å².